The molecule has 0 aliphatic carbocycles. The Bertz CT molecular complexity index is 617. The summed E-state index contributed by atoms with van der Waals surface area (Å²) in [6.07, 6.45) is 1.66. The normalized spacial score (nSPS) is 10.2. The number of aromatic nitrogens is 1. The van der Waals surface area contributed by atoms with Crippen molar-refractivity contribution in [2.75, 3.05) is 11.9 Å². The van der Waals surface area contributed by atoms with Crippen LogP contribution in [0.1, 0.15) is 5.56 Å². The third-order valence-electron chi connectivity index (χ3n) is 2.43. The van der Waals surface area contributed by atoms with Crippen LogP contribution in [0.2, 0.25) is 0 Å². The minimum Gasteiger partial charge on any atom is -0.483 e. The lowest BCUT2D eigenvalue weighted by Gasteiger charge is -2.08. The van der Waals surface area contributed by atoms with E-state index in [9.17, 15) is 9.18 Å². The lowest BCUT2D eigenvalue weighted by Crippen LogP contribution is -2.20. The van der Waals surface area contributed by atoms with Crippen LogP contribution in [0.5, 0.6) is 5.75 Å². The molecule has 1 heterocycles. The van der Waals surface area contributed by atoms with Crippen LogP contribution >= 0.6 is 15.9 Å². The minimum atomic E-state index is -0.377. The van der Waals surface area contributed by atoms with Crippen molar-refractivity contribution in [2.24, 2.45) is 0 Å². The molecule has 6 heteroatoms. The number of amides is 1. The number of ether oxygens (including phenoxy) is 1. The van der Waals surface area contributed by atoms with Gasteiger partial charge in [-0.1, -0.05) is 6.07 Å². The van der Waals surface area contributed by atoms with Gasteiger partial charge in [0.1, 0.15) is 17.4 Å². The standard InChI is InChI=1S/C14H12BrFN2O2/c1-9-2-5-13(17-7-9)18-14(19)8-20-12-4-3-10(16)6-11(12)15/h2-7H,8H2,1H3,(H,17,18,19). The minimum absolute atomic E-state index is 0.181. The molecule has 4 nitrogen and oxygen atoms in total. The molecule has 1 amide bonds. The third kappa shape index (κ3) is 4.03. The number of benzene rings is 1. The van der Waals surface area contributed by atoms with Gasteiger partial charge in [-0.3, -0.25) is 4.79 Å². The van der Waals surface area contributed by atoms with Crippen molar-refractivity contribution in [3.8, 4) is 5.75 Å². The summed E-state index contributed by atoms with van der Waals surface area (Å²) in [7, 11) is 0. The van der Waals surface area contributed by atoms with Gasteiger partial charge in [0.05, 0.1) is 4.47 Å². The lowest BCUT2D eigenvalue weighted by molar-refractivity contribution is -0.118. The van der Waals surface area contributed by atoms with E-state index in [1.165, 1.54) is 18.2 Å². The van der Waals surface area contributed by atoms with Crippen LogP contribution in [0.15, 0.2) is 41.0 Å². The number of carbonyl (C=O) groups is 1. The number of aryl methyl sites for hydroxylation is 1. The number of halogens is 2. The summed E-state index contributed by atoms with van der Waals surface area (Å²) in [5, 5.41) is 2.61. The Morgan fingerprint density at radius 3 is 2.85 bits per heavy atom. The van der Waals surface area contributed by atoms with E-state index in [1.807, 2.05) is 13.0 Å². The molecular weight excluding hydrogens is 327 g/mol. The van der Waals surface area contributed by atoms with Gasteiger partial charge >= 0.3 is 0 Å². The molecule has 0 bridgehead atoms. The predicted molar refractivity (Wildman–Crippen MR) is 77.2 cm³/mol. The summed E-state index contributed by atoms with van der Waals surface area (Å²) in [4.78, 5) is 15.7. The van der Waals surface area contributed by atoms with Crippen LogP contribution in [-0.2, 0) is 4.79 Å². The van der Waals surface area contributed by atoms with Crippen LogP contribution in [-0.4, -0.2) is 17.5 Å². The number of carbonyl (C=O) groups excluding carboxylic acids is 1. The molecule has 1 aromatic heterocycles. The Morgan fingerprint density at radius 2 is 2.20 bits per heavy atom. The molecule has 0 aliphatic heterocycles. The second-order valence-corrected chi connectivity index (χ2v) is 4.99. The molecule has 0 aliphatic rings. The highest BCUT2D eigenvalue weighted by Gasteiger charge is 2.07. The molecular formula is C14H12BrFN2O2. The summed E-state index contributed by atoms with van der Waals surface area (Å²) in [6.45, 7) is 1.73. The maximum absolute atomic E-state index is 12.9. The molecule has 20 heavy (non-hydrogen) atoms. The fourth-order valence-electron chi connectivity index (χ4n) is 1.46. The SMILES string of the molecule is Cc1ccc(NC(=O)COc2ccc(F)cc2Br)nc1. The van der Waals surface area contributed by atoms with Gasteiger partial charge in [0.2, 0.25) is 0 Å². The molecule has 1 aromatic carbocycles. The van der Waals surface area contributed by atoms with Crippen molar-refractivity contribution in [2.45, 2.75) is 6.92 Å². The number of pyridine rings is 1. The van der Waals surface area contributed by atoms with E-state index >= 15 is 0 Å². The van der Waals surface area contributed by atoms with Crippen LogP contribution in [0.4, 0.5) is 10.2 Å². The third-order valence-corrected chi connectivity index (χ3v) is 3.05. The summed E-state index contributed by atoms with van der Waals surface area (Å²) >= 11 is 3.16. The first-order chi connectivity index (χ1) is 9.54. The van der Waals surface area contributed by atoms with Crippen molar-refractivity contribution in [3.63, 3.8) is 0 Å². The highest BCUT2D eigenvalue weighted by Crippen LogP contribution is 2.25. The van der Waals surface area contributed by atoms with Gasteiger partial charge in [-0.25, -0.2) is 9.37 Å². The Hall–Kier alpha value is -1.95. The average molecular weight is 339 g/mol. The molecule has 0 spiro atoms. The molecule has 0 fully saturated rings. The fraction of sp³-hybridized carbons (Fsp3) is 0.143. The summed E-state index contributed by atoms with van der Waals surface area (Å²) in [5.41, 5.74) is 1.01. The molecule has 0 saturated carbocycles. The summed E-state index contributed by atoms with van der Waals surface area (Å²) in [5.74, 6) is 0.149. The topological polar surface area (TPSA) is 51.2 Å². The number of nitrogens with one attached hydrogen (secondary N) is 1. The van der Waals surface area contributed by atoms with Gasteiger partial charge in [-0.05, 0) is 52.7 Å². The molecule has 1 N–H and O–H groups in total. The van der Waals surface area contributed by atoms with Crippen LogP contribution in [0, 0.1) is 12.7 Å². The number of hydrogen-bond acceptors (Lipinski definition) is 3. The van der Waals surface area contributed by atoms with Gasteiger partial charge in [0, 0.05) is 6.20 Å². The zero-order valence-corrected chi connectivity index (χ0v) is 12.3. The van der Waals surface area contributed by atoms with Crippen molar-refractivity contribution in [1.29, 1.82) is 0 Å². The van der Waals surface area contributed by atoms with E-state index in [2.05, 4.69) is 26.2 Å². The Morgan fingerprint density at radius 1 is 1.40 bits per heavy atom. The number of hydrogen-bond donors (Lipinski definition) is 1. The van der Waals surface area contributed by atoms with E-state index in [0.717, 1.165) is 5.56 Å². The Kier molecular flexibility index (Phi) is 4.68. The quantitative estimate of drug-likeness (QED) is 0.930. The van der Waals surface area contributed by atoms with Crippen molar-refractivity contribution in [3.05, 3.63) is 52.4 Å². The first-order valence-corrected chi connectivity index (χ1v) is 6.64. The fourth-order valence-corrected chi connectivity index (χ4v) is 1.92. The first-order valence-electron chi connectivity index (χ1n) is 5.85. The first kappa shape index (κ1) is 14.5. The van der Waals surface area contributed by atoms with Crippen molar-refractivity contribution >= 4 is 27.7 Å². The van der Waals surface area contributed by atoms with E-state index in [4.69, 9.17) is 4.74 Å². The smallest absolute Gasteiger partial charge is 0.263 e. The largest absolute Gasteiger partial charge is 0.483 e. The van der Waals surface area contributed by atoms with Gasteiger partial charge in [-0.2, -0.15) is 0 Å². The number of nitrogens with zero attached hydrogens (tertiary/aromatic N) is 1. The predicted octanol–water partition coefficient (Wildman–Crippen LogP) is 3.31. The van der Waals surface area contributed by atoms with Crippen molar-refractivity contribution < 1.29 is 13.9 Å². The van der Waals surface area contributed by atoms with Crippen LogP contribution in [0.3, 0.4) is 0 Å². The molecule has 2 aromatic rings. The van der Waals surface area contributed by atoms with Crippen LogP contribution < -0.4 is 10.1 Å². The van der Waals surface area contributed by atoms with E-state index in [1.54, 1.807) is 12.3 Å². The Labute approximate surface area is 124 Å². The number of rotatable bonds is 4. The van der Waals surface area contributed by atoms with Crippen LogP contribution in [0.25, 0.3) is 0 Å². The highest BCUT2D eigenvalue weighted by atomic mass is 79.9. The van der Waals surface area contributed by atoms with Gasteiger partial charge in [0.25, 0.3) is 5.91 Å². The highest BCUT2D eigenvalue weighted by molar-refractivity contribution is 9.10. The zero-order chi connectivity index (χ0) is 14.5. The van der Waals surface area contributed by atoms with E-state index in [-0.39, 0.29) is 18.3 Å². The summed E-state index contributed by atoms with van der Waals surface area (Å²) in [6, 6.07) is 7.55. The second-order valence-electron chi connectivity index (χ2n) is 4.13. The monoisotopic (exact) mass is 338 g/mol. The molecule has 0 unspecified atom stereocenters. The molecule has 0 atom stereocenters. The maximum atomic E-state index is 12.9. The van der Waals surface area contributed by atoms with E-state index < -0.39 is 0 Å². The van der Waals surface area contributed by atoms with Gasteiger partial charge in [0.15, 0.2) is 6.61 Å². The molecule has 2 rings (SSSR count). The lowest BCUT2D eigenvalue weighted by atomic mass is 10.3. The van der Waals surface area contributed by atoms with Crippen molar-refractivity contribution in [1.82, 2.24) is 4.98 Å². The number of anilines is 1. The molecule has 0 saturated heterocycles. The zero-order valence-electron chi connectivity index (χ0n) is 10.7. The second kappa shape index (κ2) is 6.47. The molecule has 104 valence electrons. The Balaban J connectivity index is 1.90. The average Bonchev–Trinajstić information content (AvgIpc) is 2.40. The van der Waals surface area contributed by atoms with Gasteiger partial charge in [-0.15, -0.1) is 0 Å². The van der Waals surface area contributed by atoms with Gasteiger partial charge < -0.3 is 10.1 Å². The summed E-state index contributed by atoms with van der Waals surface area (Å²) < 4.78 is 18.6. The van der Waals surface area contributed by atoms with E-state index in [0.29, 0.717) is 16.0 Å². The maximum Gasteiger partial charge on any atom is 0.263 e. The molecule has 0 radical (unpaired) electrons.